The van der Waals surface area contributed by atoms with Gasteiger partial charge >= 0.3 is 0 Å². The first-order valence-electron chi connectivity index (χ1n) is 9.02. The number of amides is 1. The molecule has 2 unspecified atom stereocenters. The molecule has 26 heavy (non-hydrogen) atoms. The van der Waals surface area contributed by atoms with Gasteiger partial charge in [0.15, 0.2) is 0 Å². The molecule has 2 saturated heterocycles. The van der Waals surface area contributed by atoms with E-state index in [2.05, 4.69) is 5.32 Å². The van der Waals surface area contributed by atoms with Crippen LogP contribution in [0.15, 0.2) is 18.2 Å². The Labute approximate surface area is 165 Å². The maximum absolute atomic E-state index is 13.2. The number of nitrogens with zero attached hydrogens (tertiary/aromatic N) is 1. The highest BCUT2D eigenvalue weighted by molar-refractivity contribution is 6.31. The van der Waals surface area contributed by atoms with E-state index in [1.165, 1.54) is 25.0 Å². The Morgan fingerprint density at radius 3 is 2.65 bits per heavy atom. The Balaban J connectivity index is 0.00000243. The third-order valence-corrected chi connectivity index (χ3v) is 5.68. The van der Waals surface area contributed by atoms with Crippen LogP contribution in [-0.2, 0) is 16.1 Å². The van der Waals surface area contributed by atoms with Crippen LogP contribution in [-0.4, -0.2) is 43.2 Å². The molecule has 1 amide bonds. The number of carbonyl (C=O) groups excluding carboxylic acids is 1. The highest BCUT2D eigenvalue weighted by Gasteiger charge is 2.34. The summed E-state index contributed by atoms with van der Waals surface area (Å²) in [5.41, 5.74) is 0.762. The second-order valence-electron chi connectivity index (χ2n) is 7.22. The Kier molecular flexibility index (Phi) is 8.14. The van der Waals surface area contributed by atoms with Crippen LogP contribution >= 0.6 is 24.0 Å². The molecular weight excluding hydrogens is 378 g/mol. The van der Waals surface area contributed by atoms with E-state index in [0.29, 0.717) is 49.1 Å². The van der Waals surface area contributed by atoms with Crippen molar-refractivity contribution in [3.05, 3.63) is 34.6 Å². The number of benzene rings is 1. The Bertz CT molecular complexity index is 605. The van der Waals surface area contributed by atoms with Crippen LogP contribution in [0.4, 0.5) is 4.39 Å². The van der Waals surface area contributed by atoms with E-state index in [1.54, 1.807) is 18.1 Å². The third kappa shape index (κ3) is 5.56. The zero-order chi connectivity index (χ0) is 17.8. The largest absolute Gasteiger partial charge is 0.383 e. The summed E-state index contributed by atoms with van der Waals surface area (Å²) in [5.74, 6) is 0.206. The number of piperidine rings is 1. The molecular formula is C19H27Cl2FN2O2. The average molecular weight is 405 g/mol. The molecule has 0 aliphatic carbocycles. The van der Waals surface area contributed by atoms with Crippen molar-refractivity contribution in [1.29, 1.82) is 0 Å². The zero-order valence-corrected chi connectivity index (χ0v) is 16.6. The van der Waals surface area contributed by atoms with E-state index in [-0.39, 0.29) is 24.1 Å². The maximum Gasteiger partial charge on any atom is 0.223 e. The summed E-state index contributed by atoms with van der Waals surface area (Å²) in [6.07, 6.45) is 5.19. The van der Waals surface area contributed by atoms with Crippen molar-refractivity contribution < 1.29 is 13.9 Å². The topological polar surface area (TPSA) is 41.6 Å². The van der Waals surface area contributed by atoms with Gasteiger partial charge in [-0.15, -0.1) is 12.4 Å². The number of ether oxygens (including phenoxy) is 1. The molecule has 0 spiro atoms. The monoisotopic (exact) mass is 404 g/mol. The minimum absolute atomic E-state index is 0. The zero-order valence-electron chi connectivity index (χ0n) is 15.0. The van der Waals surface area contributed by atoms with Gasteiger partial charge < -0.3 is 15.0 Å². The summed E-state index contributed by atoms with van der Waals surface area (Å²) < 4.78 is 18.4. The predicted molar refractivity (Wildman–Crippen MR) is 103 cm³/mol. The van der Waals surface area contributed by atoms with Gasteiger partial charge in [-0.05, 0) is 49.3 Å². The molecule has 146 valence electrons. The van der Waals surface area contributed by atoms with E-state index in [4.69, 9.17) is 16.3 Å². The first kappa shape index (κ1) is 21.4. The summed E-state index contributed by atoms with van der Waals surface area (Å²) in [5, 5.41) is 3.97. The second-order valence-corrected chi connectivity index (χ2v) is 7.63. The molecule has 2 atom stereocenters. The summed E-state index contributed by atoms with van der Waals surface area (Å²) in [4.78, 5) is 14.7. The molecule has 1 aromatic carbocycles. The number of hydrogen-bond acceptors (Lipinski definition) is 3. The molecule has 1 aromatic rings. The van der Waals surface area contributed by atoms with E-state index < -0.39 is 0 Å². The molecule has 0 saturated carbocycles. The molecule has 3 rings (SSSR count). The van der Waals surface area contributed by atoms with Crippen LogP contribution in [0.2, 0.25) is 5.02 Å². The smallest absolute Gasteiger partial charge is 0.223 e. The molecule has 2 fully saturated rings. The van der Waals surface area contributed by atoms with Crippen LogP contribution in [0.3, 0.4) is 0 Å². The minimum Gasteiger partial charge on any atom is -0.383 e. The lowest BCUT2D eigenvalue weighted by Crippen LogP contribution is -2.41. The predicted octanol–water partition coefficient (Wildman–Crippen LogP) is 3.80. The normalized spacial score (nSPS) is 24.2. The SMILES string of the molecule is COCCN(Cc1ccc(F)cc1Cl)C(=O)CC1CC2CCC(C1)N2.Cl. The van der Waals surface area contributed by atoms with Crippen LogP contribution < -0.4 is 5.32 Å². The van der Waals surface area contributed by atoms with Gasteiger partial charge in [-0.2, -0.15) is 0 Å². The molecule has 2 bridgehead atoms. The van der Waals surface area contributed by atoms with Gasteiger partial charge in [0.2, 0.25) is 5.91 Å². The Morgan fingerprint density at radius 1 is 1.35 bits per heavy atom. The summed E-state index contributed by atoms with van der Waals surface area (Å²) in [6.45, 7) is 1.38. The Morgan fingerprint density at radius 2 is 2.04 bits per heavy atom. The molecule has 4 nitrogen and oxygen atoms in total. The number of nitrogens with one attached hydrogen (secondary N) is 1. The van der Waals surface area contributed by atoms with Crippen molar-refractivity contribution in [2.45, 2.75) is 50.7 Å². The molecule has 2 aliphatic heterocycles. The molecule has 0 aromatic heterocycles. The molecule has 1 N–H and O–H groups in total. The molecule has 0 radical (unpaired) electrons. The van der Waals surface area contributed by atoms with Crippen LogP contribution in [0.1, 0.15) is 37.7 Å². The van der Waals surface area contributed by atoms with Crippen LogP contribution in [0, 0.1) is 11.7 Å². The number of halogens is 3. The number of hydrogen-bond donors (Lipinski definition) is 1. The summed E-state index contributed by atoms with van der Waals surface area (Å²) in [6, 6.07) is 5.48. The molecule has 2 aliphatic rings. The van der Waals surface area contributed by atoms with Crippen molar-refractivity contribution in [3.8, 4) is 0 Å². The van der Waals surface area contributed by atoms with E-state index in [9.17, 15) is 9.18 Å². The molecule has 2 heterocycles. The van der Waals surface area contributed by atoms with Crippen molar-refractivity contribution in [2.75, 3.05) is 20.3 Å². The van der Waals surface area contributed by atoms with E-state index in [1.807, 2.05) is 0 Å². The fourth-order valence-electron chi connectivity index (χ4n) is 4.07. The number of fused-ring (bicyclic) bond motifs is 2. The number of methoxy groups -OCH3 is 1. The van der Waals surface area contributed by atoms with Crippen LogP contribution in [0.25, 0.3) is 0 Å². The highest BCUT2D eigenvalue weighted by Crippen LogP contribution is 2.33. The lowest BCUT2D eigenvalue weighted by Gasteiger charge is -2.31. The number of rotatable bonds is 7. The maximum atomic E-state index is 13.2. The van der Waals surface area contributed by atoms with Gasteiger partial charge in [-0.1, -0.05) is 17.7 Å². The second kappa shape index (κ2) is 9.88. The first-order chi connectivity index (χ1) is 12.0. The fourth-order valence-corrected chi connectivity index (χ4v) is 4.29. The lowest BCUT2D eigenvalue weighted by molar-refractivity contribution is -0.133. The fraction of sp³-hybridized carbons (Fsp3) is 0.632. The van der Waals surface area contributed by atoms with Crippen molar-refractivity contribution in [2.24, 2.45) is 5.92 Å². The lowest BCUT2D eigenvalue weighted by atomic mass is 9.89. The van der Waals surface area contributed by atoms with Crippen LogP contribution in [0.5, 0.6) is 0 Å². The van der Waals surface area contributed by atoms with Crippen molar-refractivity contribution >= 4 is 29.9 Å². The Hall–Kier alpha value is -0.880. The van der Waals surface area contributed by atoms with Gasteiger partial charge in [0.25, 0.3) is 0 Å². The summed E-state index contributed by atoms with van der Waals surface area (Å²) >= 11 is 6.13. The van der Waals surface area contributed by atoms with Crippen molar-refractivity contribution in [3.63, 3.8) is 0 Å². The minimum atomic E-state index is -0.367. The van der Waals surface area contributed by atoms with Gasteiger partial charge in [-0.25, -0.2) is 4.39 Å². The van der Waals surface area contributed by atoms with Gasteiger partial charge in [0, 0.05) is 43.7 Å². The van der Waals surface area contributed by atoms with Gasteiger partial charge in [0.05, 0.1) is 6.61 Å². The molecule has 7 heteroatoms. The van der Waals surface area contributed by atoms with Crippen molar-refractivity contribution in [1.82, 2.24) is 10.2 Å². The number of carbonyl (C=O) groups is 1. The van der Waals surface area contributed by atoms with E-state index >= 15 is 0 Å². The van der Waals surface area contributed by atoms with E-state index in [0.717, 1.165) is 18.4 Å². The highest BCUT2D eigenvalue weighted by atomic mass is 35.5. The standard InChI is InChI=1S/C19H26ClFN2O2.ClH/c1-25-7-6-23(12-14-2-3-15(21)11-18(14)20)19(24)10-13-8-16-4-5-17(9-13)22-16;/h2-3,11,13,16-17,22H,4-10,12H2,1H3;1H. The van der Waals surface area contributed by atoms with Gasteiger partial charge in [-0.3, -0.25) is 4.79 Å². The third-order valence-electron chi connectivity index (χ3n) is 5.33. The summed E-state index contributed by atoms with van der Waals surface area (Å²) in [7, 11) is 1.62. The first-order valence-corrected chi connectivity index (χ1v) is 9.39. The quantitative estimate of drug-likeness (QED) is 0.751. The average Bonchev–Trinajstić information content (AvgIpc) is 2.91. The van der Waals surface area contributed by atoms with Gasteiger partial charge in [0.1, 0.15) is 5.82 Å².